The molecule has 1 aromatic rings. The lowest BCUT2D eigenvalue weighted by atomic mass is 9.83. The van der Waals surface area contributed by atoms with Crippen molar-refractivity contribution in [2.24, 2.45) is 0 Å². The summed E-state index contributed by atoms with van der Waals surface area (Å²) in [4.78, 5) is 24.0. The summed E-state index contributed by atoms with van der Waals surface area (Å²) in [6, 6.07) is 4.52. The van der Waals surface area contributed by atoms with E-state index in [4.69, 9.17) is 9.47 Å². The van der Waals surface area contributed by atoms with Crippen LogP contribution in [-0.4, -0.2) is 36.2 Å². The number of carbonyl (C=O) groups excluding carboxylic acids is 1. The van der Waals surface area contributed by atoms with Crippen LogP contribution in [-0.2, 0) is 15.0 Å². The Morgan fingerprint density at radius 2 is 1.92 bits per heavy atom. The van der Waals surface area contributed by atoms with Crippen molar-refractivity contribution in [1.29, 1.82) is 0 Å². The zero-order chi connectivity index (χ0) is 17.7. The Morgan fingerprint density at radius 1 is 1.25 bits per heavy atom. The molecule has 0 spiro atoms. The first-order valence-electron chi connectivity index (χ1n) is 8.30. The minimum Gasteiger partial charge on any atom is -0.486 e. The van der Waals surface area contributed by atoms with Crippen LogP contribution in [0.15, 0.2) is 18.2 Å². The van der Waals surface area contributed by atoms with Gasteiger partial charge in [-0.25, -0.2) is 4.79 Å². The molecule has 1 aliphatic heterocycles. The molecule has 1 amide bonds. The fraction of sp³-hybridized carbons (Fsp3) is 0.556. The smallest absolute Gasteiger partial charge is 0.326 e. The van der Waals surface area contributed by atoms with Crippen LogP contribution in [0.5, 0.6) is 11.5 Å². The number of carbonyl (C=O) groups is 2. The van der Waals surface area contributed by atoms with Gasteiger partial charge in [0.25, 0.3) is 0 Å². The number of fused-ring (bicyclic) bond motifs is 1. The van der Waals surface area contributed by atoms with E-state index >= 15 is 0 Å². The van der Waals surface area contributed by atoms with Crippen molar-refractivity contribution >= 4 is 11.9 Å². The summed E-state index contributed by atoms with van der Waals surface area (Å²) in [5, 5.41) is 12.0. The lowest BCUT2D eigenvalue weighted by Gasteiger charge is -2.28. The van der Waals surface area contributed by atoms with Gasteiger partial charge in [0.05, 0.1) is 5.41 Å². The second-order valence-corrected chi connectivity index (χ2v) is 6.49. The number of amides is 1. The second kappa shape index (κ2) is 7.55. The van der Waals surface area contributed by atoms with Crippen molar-refractivity contribution in [3.8, 4) is 11.5 Å². The third-order valence-electron chi connectivity index (χ3n) is 4.28. The van der Waals surface area contributed by atoms with Gasteiger partial charge in [-0.05, 0) is 38.0 Å². The number of nitrogens with one attached hydrogen (secondary N) is 1. The summed E-state index contributed by atoms with van der Waals surface area (Å²) in [5.41, 5.74) is -0.126. The minimum absolute atomic E-state index is 0.317. The highest BCUT2D eigenvalue weighted by Gasteiger charge is 2.33. The molecule has 0 aliphatic carbocycles. The first kappa shape index (κ1) is 18.1. The van der Waals surface area contributed by atoms with Crippen molar-refractivity contribution in [1.82, 2.24) is 5.32 Å². The number of aliphatic carboxylic acids is 1. The molecule has 1 atom stereocenters. The first-order valence-corrected chi connectivity index (χ1v) is 8.30. The Labute approximate surface area is 142 Å². The van der Waals surface area contributed by atoms with Crippen LogP contribution >= 0.6 is 0 Å². The van der Waals surface area contributed by atoms with Gasteiger partial charge in [0, 0.05) is 0 Å². The highest BCUT2D eigenvalue weighted by molar-refractivity contribution is 5.91. The number of hydrogen-bond donors (Lipinski definition) is 2. The molecule has 0 radical (unpaired) electrons. The van der Waals surface area contributed by atoms with Crippen LogP contribution < -0.4 is 14.8 Å². The molecular formula is C18H25NO5. The molecular weight excluding hydrogens is 310 g/mol. The molecule has 1 heterocycles. The predicted octanol–water partition coefficient (Wildman–Crippen LogP) is 2.50. The normalized spacial score (nSPS) is 14.8. The van der Waals surface area contributed by atoms with Gasteiger partial charge in [0.1, 0.15) is 19.3 Å². The molecule has 2 N–H and O–H groups in total. The maximum absolute atomic E-state index is 12.7. The van der Waals surface area contributed by atoms with Gasteiger partial charge in [0.15, 0.2) is 11.5 Å². The summed E-state index contributed by atoms with van der Waals surface area (Å²) in [6.07, 6.45) is 2.06. The largest absolute Gasteiger partial charge is 0.486 e. The van der Waals surface area contributed by atoms with Gasteiger partial charge in [0.2, 0.25) is 5.91 Å². The molecule has 6 nitrogen and oxygen atoms in total. The molecule has 0 bridgehead atoms. The summed E-state index contributed by atoms with van der Waals surface area (Å²) in [5.74, 6) is -0.0505. The molecule has 1 aromatic carbocycles. The number of benzene rings is 1. The van der Waals surface area contributed by atoms with E-state index in [1.54, 1.807) is 26.0 Å². The van der Waals surface area contributed by atoms with Gasteiger partial charge in [-0.1, -0.05) is 25.8 Å². The van der Waals surface area contributed by atoms with E-state index < -0.39 is 17.4 Å². The SMILES string of the molecule is CCCC[C@H](NC(=O)C(C)(C)c1ccc2c(c1)OCCO2)C(=O)O. The van der Waals surface area contributed by atoms with E-state index in [1.807, 2.05) is 13.0 Å². The number of ether oxygens (including phenoxy) is 2. The maximum Gasteiger partial charge on any atom is 0.326 e. The van der Waals surface area contributed by atoms with Crippen LogP contribution in [0, 0.1) is 0 Å². The monoisotopic (exact) mass is 335 g/mol. The van der Waals surface area contributed by atoms with Crippen LogP contribution in [0.1, 0.15) is 45.6 Å². The van der Waals surface area contributed by atoms with Gasteiger partial charge >= 0.3 is 5.97 Å². The van der Waals surface area contributed by atoms with Gasteiger partial charge in [-0.15, -0.1) is 0 Å². The van der Waals surface area contributed by atoms with Gasteiger partial charge < -0.3 is 19.9 Å². The lowest BCUT2D eigenvalue weighted by molar-refractivity contribution is -0.142. The third-order valence-corrected chi connectivity index (χ3v) is 4.28. The molecule has 1 aliphatic rings. The average molecular weight is 335 g/mol. The molecule has 6 heteroatoms. The lowest BCUT2D eigenvalue weighted by Crippen LogP contribution is -2.48. The van der Waals surface area contributed by atoms with Crippen molar-refractivity contribution in [3.05, 3.63) is 23.8 Å². The van der Waals surface area contributed by atoms with Gasteiger partial charge in [-0.3, -0.25) is 4.79 Å². The zero-order valence-electron chi connectivity index (χ0n) is 14.4. The summed E-state index contributed by atoms with van der Waals surface area (Å²) >= 11 is 0. The molecule has 0 aromatic heterocycles. The van der Waals surface area contributed by atoms with E-state index in [0.29, 0.717) is 31.1 Å². The number of carboxylic acid groups (broad SMARTS) is 1. The van der Waals surface area contributed by atoms with Crippen molar-refractivity contribution in [3.63, 3.8) is 0 Å². The van der Waals surface area contributed by atoms with Crippen molar-refractivity contribution in [2.75, 3.05) is 13.2 Å². The zero-order valence-corrected chi connectivity index (χ0v) is 14.4. The Hall–Kier alpha value is -2.24. The highest BCUT2D eigenvalue weighted by Crippen LogP contribution is 2.35. The fourth-order valence-electron chi connectivity index (χ4n) is 2.57. The summed E-state index contributed by atoms with van der Waals surface area (Å²) in [6.45, 7) is 6.51. The molecule has 0 fully saturated rings. The topological polar surface area (TPSA) is 84.9 Å². The van der Waals surface area contributed by atoms with Crippen LogP contribution in [0.2, 0.25) is 0 Å². The molecule has 2 rings (SSSR count). The fourth-order valence-corrected chi connectivity index (χ4v) is 2.57. The number of carboxylic acids is 1. The Balaban J connectivity index is 2.15. The quantitative estimate of drug-likeness (QED) is 0.800. The average Bonchev–Trinajstić information content (AvgIpc) is 2.57. The van der Waals surface area contributed by atoms with E-state index in [-0.39, 0.29) is 5.91 Å². The Kier molecular flexibility index (Phi) is 5.70. The van der Waals surface area contributed by atoms with Gasteiger partial charge in [-0.2, -0.15) is 0 Å². The molecule has 0 saturated heterocycles. The van der Waals surface area contributed by atoms with Crippen LogP contribution in [0.3, 0.4) is 0 Å². The van der Waals surface area contributed by atoms with E-state index in [1.165, 1.54) is 0 Å². The number of unbranched alkanes of at least 4 members (excludes halogenated alkanes) is 1. The van der Waals surface area contributed by atoms with Crippen molar-refractivity contribution < 1.29 is 24.2 Å². The third kappa shape index (κ3) is 3.99. The molecule has 0 saturated carbocycles. The van der Waals surface area contributed by atoms with E-state index in [9.17, 15) is 14.7 Å². The molecule has 24 heavy (non-hydrogen) atoms. The highest BCUT2D eigenvalue weighted by atomic mass is 16.6. The number of hydrogen-bond acceptors (Lipinski definition) is 4. The second-order valence-electron chi connectivity index (χ2n) is 6.49. The molecule has 132 valence electrons. The minimum atomic E-state index is -1.00. The van der Waals surface area contributed by atoms with Crippen LogP contribution in [0.25, 0.3) is 0 Å². The van der Waals surface area contributed by atoms with Crippen LogP contribution in [0.4, 0.5) is 0 Å². The van der Waals surface area contributed by atoms with E-state index in [0.717, 1.165) is 18.4 Å². The Morgan fingerprint density at radius 3 is 2.54 bits per heavy atom. The van der Waals surface area contributed by atoms with Crippen molar-refractivity contribution in [2.45, 2.75) is 51.5 Å². The number of rotatable bonds is 7. The summed E-state index contributed by atoms with van der Waals surface area (Å²) < 4.78 is 11.0. The maximum atomic E-state index is 12.7. The Bertz CT molecular complexity index is 611. The standard InChI is InChI=1S/C18H25NO5/c1-4-5-6-13(16(20)21)19-17(22)18(2,3)12-7-8-14-15(11-12)24-10-9-23-14/h7-8,11,13H,4-6,9-10H2,1-3H3,(H,19,22)(H,20,21)/t13-/m0/s1. The predicted molar refractivity (Wildman–Crippen MR) is 89.5 cm³/mol. The molecule has 0 unspecified atom stereocenters. The summed E-state index contributed by atoms with van der Waals surface area (Å²) in [7, 11) is 0. The first-order chi connectivity index (χ1) is 11.4. The van der Waals surface area contributed by atoms with E-state index in [2.05, 4.69) is 5.32 Å².